The molecule has 0 aliphatic heterocycles. The summed E-state index contributed by atoms with van der Waals surface area (Å²) in [4.78, 5) is 2.40. The first-order chi connectivity index (χ1) is 31.5. The molecule has 0 spiro atoms. The van der Waals surface area contributed by atoms with Gasteiger partial charge < -0.3 is 4.90 Å². The molecule has 0 saturated heterocycles. The van der Waals surface area contributed by atoms with Gasteiger partial charge in [0.2, 0.25) is 0 Å². The number of fused-ring (bicyclic) bond motifs is 4. The van der Waals surface area contributed by atoms with Crippen LogP contribution in [-0.2, 0) is 5.41 Å². The number of hydrogen-bond acceptors (Lipinski definition) is 1. The fourth-order valence-corrected chi connectivity index (χ4v) is 10.0. The number of terminal acetylenes is 1. The highest BCUT2D eigenvalue weighted by Gasteiger charge is 2.46. The molecule has 1 nitrogen and oxygen atoms in total. The second-order valence-electron chi connectivity index (χ2n) is 16.8. The maximum Gasteiger partial charge on any atom is 0.0714 e. The molecule has 0 saturated carbocycles. The van der Waals surface area contributed by atoms with Crippen LogP contribution in [0.15, 0.2) is 231 Å². The fraction of sp³-hybridized carbons (Fsp3) is 0.0794. The lowest BCUT2D eigenvalue weighted by Gasteiger charge is -2.35. The van der Waals surface area contributed by atoms with Crippen LogP contribution in [0.1, 0.15) is 52.8 Å². The number of benzene rings is 9. The molecule has 0 amide bonds. The summed E-state index contributed by atoms with van der Waals surface area (Å²) in [6.07, 6.45) is 10.7. The molecule has 1 unspecified atom stereocenters. The SMILES string of the molecule is C#CC(C)/C(=C\C(=CC)c1ccc(N(c2ccc(-c3ccccc3)cc2)c2ccc3c(c2)C(c2ccccc2)(c2ccccc2)c2ccccc2-3)cc1)c1c(C)ccc2ccccc12. The molecule has 1 aliphatic carbocycles. The minimum atomic E-state index is -0.514. The zero-order valence-corrected chi connectivity index (χ0v) is 36.5. The van der Waals surface area contributed by atoms with Crippen molar-refractivity contribution in [2.75, 3.05) is 4.90 Å². The van der Waals surface area contributed by atoms with E-state index in [-0.39, 0.29) is 5.92 Å². The van der Waals surface area contributed by atoms with Crippen molar-refractivity contribution in [3.63, 3.8) is 0 Å². The van der Waals surface area contributed by atoms with Gasteiger partial charge >= 0.3 is 0 Å². The summed E-state index contributed by atoms with van der Waals surface area (Å²) in [6, 6.07) is 79.6. The van der Waals surface area contributed by atoms with E-state index in [1.165, 1.54) is 66.4 Å². The molecule has 0 fully saturated rings. The Morgan fingerprint density at radius 3 is 1.75 bits per heavy atom. The van der Waals surface area contributed by atoms with E-state index in [9.17, 15) is 0 Å². The van der Waals surface area contributed by atoms with E-state index in [4.69, 9.17) is 6.42 Å². The largest absolute Gasteiger partial charge is 0.310 e. The minimum Gasteiger partial charge on any atom is -0.310 e. The topological polar surface area (TPSA) is 3.24 Å². The van der Waals surface area contributed by atoms with Gasteiger partial charge in [-0.2, -0.15) is 0 Å². The van der Waals surface area contributed by atoms with E-state index >= 15 is 0 Å². The summed E-state index contributed by atoms with van der Waals surface area (Å²) in [7, 11) is 0. The average Bonchev–Trinajstić information content (AvgIpc) is 3.66. The summed E-state index contributed by atoms with van der Waals surface area (Å²) in [5.41, 5.74) is 18.5. The van der Waals surface area contributed by atoms with Crippen LogP contribution in [0.3, 0.4) is 0 Å². The zero-order valence-electron chi connectivity index (χ0n) is 36.5. The van der Waals surface area contributed by atoms with E-state index in [2.05, 4.69) is 262 Å². The van der Waals surface area contributed by atoms with Crippen LogP contribution in [0, 0.1) is 25.2 Å². The van der Waals surface area contributed by atoms with Crippen LogP contribution < -0.4 is 4.90 Å². The van der Waals surface area contributed by atoms with Crippen LogP contribution >= 0.6 is 0 Å². The van der Waals surface area contributed by atoms with Gasteiger partial charge in [0.1, 0.15) is 0 Å². The van der Waals surface area contributed by atoms with Crippen molar-refractivity contribution in [2.45, 2.75) is 26.2 Å². The standard InChI is InChI=1S/C63H49N/c1-5-44(3)59(62-45(4)30-31-50-22-16-17-27-56(50)62)42-46(6-2)48-32-36-53(37-33-48)64(54-38-34-49(35-39-54)47-20-10-7-11-21-47)55-40-41-58-57-28-18-19-29-60(57)63(61(58)43-55,51-23-12-8-13-24-51)52-25-14-9-15-26-52/h1,6-44H,2-4H3/b46-6?,59-42+. The second-order valence-corrected chi connectivity index (χ2v) is 16.8. The monoisotopic (exact) mass is 819 g/mol. The Labute approximate surface area is 378 Å². The van der Waals surface area contributed by atoms with Gasteiger partial charge in [-0.1, -0.05) is 194 Å². The summed E-state index contributed by atoms with van der Waals surface area (Å²) >= 11 is 0. The molecule has 10 rings (SSSR count). The first kappa shape index (κ1) is 40.2. The first-order valence-corrected chi connectivity index (χ1v) is 22.2. The van der Waals surface area contributed by atoms with Gasteiger partial charge in [0.25, 0.3) is 0 Å². The van der Waals surface area contributed by atoms with Gasteiger partial charge in [-0.15, -0.1) is 6.42 Å². The molecule has 0 aromatic heterocycles. The molecule has 306 valence electrons. The normalized spacial score (nSPS) is 13.5. The molecule has 1 aliphatic rings. The van der Waals surface area contributed by atoms with E-state index in [1.807, 2.05) is 0 Å². The molecule has 9 aromatic carbocycles. The van der Waals surface area contributed by atoms with Gasteiger partial charge in [-0.3, -0.25) is 0 Å². The van der Waals surface area contributed by atoms with E-state index in [0.717, 1.165) is 33.8 Å². The molecule has 64 heavy (non-hydrogen) atoms. The molecular formula is C63H49N. The van der Waals surface area contributed by atoms with Crippen molar-refractivity contribution in [2.24, 2.45) is 5.92 Å². The highest BCUT2D eigenvalue weighted by atomic mass is 15.1. The predicted molar refractivity (Wildman–Crippen MR) is 272 cm³/mol. The van der Waals surface area contributed by atoms with Crippen LogP contribution in [0.4, 0.5) is 17.1 Å². The third-order valence-electron chi connectivity index (χ3n) is 13.2. The second kappa shape index (κ2) is 17.1. The van der Waals surface area contributed by atoms with Crippen molar-refractivity contribution in [1.29, 1.82) is 0 Å². The Morgan fingerprint density at radius 1 is 0.547 bits per heavy atom. The zero-order chi connectivity index (χ0) is 43.6. The fourth-order valence-electron chi connectivity index (χ4n) is 10.0. The smallest absolute Gasteiger partial charge is 0.0714 e. The van der Waals surface area contributed by atoms with E-state index in [1.54, 1.807) is 0 Å². The number of hydrogen-bond donors (Lipinski definition) is 0. The maximum absolute atomic E-state index is 6.19. The van der Waals surface area contributed by atoms with Gasteiger partial charge in [-0.25, -0.2) is 0 Å². The van der Waals surface area contributed by atoms with Crippen LogP contribution in [0.2, 0.25) is 0 Å². The Kier molecular flexibility index (Phi) is 10.7. The summed E-state index contributed by atoms with van der Waals surface area (Å²) in [5, 5.41) is 2.43. The molecule has 0 bridgehead atoms. The number of allylic oxidation sites excluding steroid dienone is 4. The highest BCUT2D eigenvalue weighted by molar-refractivity contribution is 5.99. The van der Waals surface area contributed by atoms with E-state index < -0.39 is 5.41 Å². The molecule has 0 N–H and O–H groups in total. The Morgan fingerprint density at radius 2 is 1.09 bits per heavy atom. The number of aryl methyl sites for hydroxylation is 1. The Hall–Kier alpha value is -7.92. The third kappa shape index (κ3) is 6.95. The quantitative estimate of drug-likeness (QED) is 0.0981. The highest BCUT2D eigenvalue weighted by Crippen LogP contribution is 2.57. The summed E-state index contributed by atoms with van der Waals surface area (Å²) in [6.45, 7) is 6.43. The van der Waals surface area contributed by atoms with Gasteiger partial charge in [-0.05, 0) is 146 Å². The van der Waals surface area contributed by atoms with Crippen molar-refractivity contribution in [1.82, 2.24) is 0 Å². The number of rotatable bonds is 10. The third-order valence-corrected chi connectivity index (χ3v) is 13.2. The maximum atomic E-state index is 6.19. The van der Waals surface area contributed by atoms with Crippen LogP contribution in [-0.4, -0.2) is 0 Å². The minimum absolute atomic E-state index is 0.0853. The van der Waals surface area contributed by atoms with Crippen molar-refractivity contribution in [3.8, 4) is 34.6 Å². The molecule has 0 radical (unpaired) electrons. The van der Waals surface area contributed by atoms with Crippen molar-refractivity contribution >= 4 is 39.0 Å². The lowest BCUT2D eigenvalue weighted by molar-refractivity contribution is 0.768. The summed E-state index contributed by atoms with van der Waals surface area (Å²) in [5.74, 6) is 2.97. The lowest BCUT2D eigenvalue weighted by atomic mass is 9.67. The molecule has 1 atom stereocenters. The molecule has 9 aromatic rings. The Bertz CT molecular complexity index is 3180. The number of nitrogens with zero attached hydrogens (tertiary/aromatic N) is 1. The first-order valence-electron chi connectivity index (χ1n) is 22.2. The lowest BCUT2D eigenvalue weighted by Crippen LogP contribution is -2.28. The van der Waals surface area contributed by atoms with Gasteiger partial charge in [0.05, 0.1) is 5.41 Å². The van der Waals surface area contributed by atoms with E-state index in [0.29, 0.717) is 0 Å². The molecular weight excluding hydrogens is 771 g/mol. The number of anilines is 3. The van der Waals surface area contributed by atoms with Gasteiger partial charge in [0.15, 0.2) is 0 Å². The molecule has 1 heteroatoms. The summed E-state index contributed by atoms with van der Waals surface area (Å²) < 4.78 is 0. The Balaban J connectivity index is 1.13. The average molecular weight is 820 g/mol. The van der Waals surface area contributed by atoms with Crippen molar-refractivity contribution < 1.29 is 0 Å². The molecule has 0 heterocycles. The van der Waals surface area contributed by atoms with Crippen LogP contribution in [0.5, 0.6) is 0 Å². The van der Waals surface area contributed by atoms with Crippen LogP contribution in [0.25, 0.3) is 44.2 Å². The predicted octanol–water partition coefficient (Wildman–Crippen LogP) is 16.4. The van der Waals surface area contributed by atoms with Gasteiger partial charge in [0, 0.05) is 23.0 Å². The van der Waals surface area contributed by atoms with Crippen molar-refractivity contribution in [3.05, 3.63) is 269 Å².